The van der Waals surface area contributed by atoms with E-state index in [0.29, 0.717) is 6.04 Å². The van der Waals surface area contributed by atoms with E-state index < -0.39 is 10.8 Å². The Hall–Kier alpha value is -0.740. The first-order valence-electron chi connectivity index (χ1n) is 5.56. The molecule has 2 nitrogen and oxygen atoms in total. The van der Waals surface area contributed by atoms with Gasteiger partial charge in [0.1, 0.15) is 5.82 Å². The summed E-state index contributed by atoms with van der Waals surface area (Å²) in [7, 11) is 0.881. The molecule has 88 valence electrons. The Labute approximate surface area is 97.7 Å². The summed E-state index contributed by atoms with van der Waals surface area (Å²) in [6.07, 6.45) is 3.17. The molecule has 0 spiro atoms. The predicted molar refractivity (Wildman–Crippen MR) is 63.3 cm³/mol. The Bertz CT molecular complexity index is 379. The minimum absolute atomic E-state index is 0.162. The molecule has 1 aromatic carbocycles. The Kier molecular flexibility index (Phi) is 3.71. The summed E-state index contributed by atoms with van der Waals surface area (Å²) in [5.74, 6) is -0.280. The average Bonchev–Trinajstić information content (AvgIpc) is 2.77. The van der Waals surface area contributed by atoms with Gasteiger partial charge in [-0.05, 0) is 44.2 Å². The van der Waals surface area contributed by atoms with Crippen molar-refractivity contribution in [1.82, 2.24) is 5.32 Å². The maximum absolute atomic E-state index is 12.8. The molecule has 0 bridgehead atoms. The SMILES string of the molecule is CNC1CCCC1S(=O)c1ccc(F)cc1. The van der Waals surface area contributed by atoms with Crippen LogP contribution in [-0.2, 0) is 10.8 Å². The van der Waals surface area contributed by atoms with E-state index in [0.717, 1.165) is 24.2 Å². The first kappa shape index (κ1) is 11.7. The van der Waals surface area contributed by atoms with Crippen LogP contribution in [0.2, 0.25) is 0 Å². The van der Waals surface area contributed by atoms with Crippen molar-refractivity contribution in [3.63, 3.8) is 0 Å². The first-order chi connectivity index (χ1) is 7.72. The van der Waals surface area contributed by atoms with Gasteiger partial charge in [-0.3, -0.25) is 4.21 Å². The van der Waals surface area contributed by atoms with Crippen LogP contribution in [0, 0.1) is 5.82 Å². The van der Waals surface area contributed by atoms with Crippen molar-refractivity contribution < 1.29 is 8.60 Å². The third kappa shape index (κ3) is 2.33. The highest BCUT2D eigenvalue weighted by molar-refractivity contribution is 7.85. The Balaban J connectivity index is 2.15. The number of hydrogen-bond acceptors (Lipinski definition) is 2. The van der Waals surface area contributed by atoms with Gasteiger partial charge in [0.25, 0.3) is 0 Å². The molecule has 2 rings (SSSR count). The second-order valence-corrected chi connectivity index (χ2v) is 5.79. The molecule has 1 saturated carbocycles. The molecule has 0 aliphatic heterocycles. The lowest BCUT2D eigenvalue weighted by atomic mass is 10.2. The van der Waals surface area contributed by atoms with Crippen molar-refractivity contribution in [3.8, 4) is 0 Å². The largest absolute Gasteiger partial charge is 0.316 e. The van der Waals surface area contributed by atoms with Crippen molar-refractivity contribution in [2.45, 2.75) is 35.4 Å². The Morgan fingerprint density at radius 3 is 2.62 bits per heavy atom. The van der Waals surface area contributed by atoms with Crippen molar-refractivity contribution in [3.05, 3.63) is 30.1 Å². The number of benzene rings is 1. The van der Waals surface area contributed by atoms with Crippen molar-refractivity contribution >= 4 is 10.8 Å². The summed E-state index contributed by atoms with van der Waals surface area (Å²) in [5.41, 5.74) is 0. The molecule has 0 saturated heterocycles. The lowest BCUT2D eigenvalue weighted by Gasteiger charge is -2.18. The van der Waals surface area contributed by atoms with Gasteiger partial charge in [-0.2, -0.15) is 0 Å². The summed E-state index contributed by atoms with van der Waals surface area (Å²) in [6, 6.07) is 6.31. The van der Waals surface area contributed by atoms with Crippen LogP contribution in [0.15, 0.2) is 29.2 Å². The molecule has 0 aromatic heterocycles. The van der Waals surface area contributed by atoms with E-state index in [1.165, 1.54) is 12.1 Å². The van der Waals surface area contributed by atoms with E-state index >= 15 is 0 Å². The summed E-state index contributed by atoms with van der Waals surface area (Å²) in [4.78, 5) is 0.730. The number of halogens is 1. The van der Waals surface area contributed by atoms with Gasteiger partial charge in [0, 0.05) is 10.9 Å². The van der Waals surface area contributed by atoms with Crippen LogP contribution in [-0.4, -0.2) is 22.5 Å². The lowest BCUT2D eigenvalue weighted by molar-refractivity contribution is 0.576. The van der Waals surface area contributed by atoms with E-state index in [-0.39, 0.29) is 11.1 Å². The van der Waals surface area contributed by atoms with E-state index in [1.54, 1.807) is 12.1 Å². The Morgan fingerprint density at radius 2 is 2.00 bits per heavy atom. The van der Waals surface area contributed by atoms with Crippen LogP contribution in [0.1, 0.15) is 19.3 Å². The summed E-state index contributed by atoms with van der Waals surface area (Å²) >= 11 is 0. The molecule has 1 aliphatic rings. The fourth-order valence-electron chi connectivity index (χ4n) is 2.26. The second-order valence-electron chi connectivity index (χ2n) is 4.12. The smallest absolute Gasteiger partial charge is 0.123 e. The van der Waals surface area contributed by atoms with Gasteiger partial charge in [-0.1, -0.05) is 6.42 Å². The van der Waals surface area contributed by atoms with Crippen molar-refractivity contribution in [2.24, 2.45) is 0 Å². The van der Waals surface area contributed by atoms with Crippen LogP contribution in [0.25, 0.3) is 0 Å². The zero-order chi connectivity index (χ0) is 11.5. The zero-order valence-electron chi connectivity index (χ0n) is 9.28. The highest BCUT2D eigenvalue weighted by atomic mass is 32.2. The van der Waals surface area contributed by atoms with Gasteiger partial charge in [0.2, 0.25) is 0 Å². The van der Waals surface area contributed by atoms with Crippen LogP contribution in [0.3, 0.4) is 0 Å². The van der Waals surface area contributed by atoms with Gasteiger partial charge in [-0.25, -0.2) is 4.39 Å². The molecule has 4 heteroatoms. The lowest BCUT2D eigenvalue weighted by Crippen LogP contribution is -2.35. The van der Waals surface area contributed by atoms with Crippen LogP contribution >= 0.6 is 0 Å². The maximum Gasteiger partial charge on any atom is 0.123 e. The molecule has 3 atom stereocenters. The normalized spacial score (nSPS) is 26.9. The van der Waals surface area contributed by atoms with Gasteiger partial charge in [-0.15, -0.1) is 0 Å². The number of hydrogen-bond donors (Lipinski definition) is 1. The standard InChI is InChI=1S/C12H16FNOS/c1-14-11-3-2-4-12(11)16(15)10-7-5-9(13)6-8-10/h5-8,11-12,14H,2-4H2,1H3. The van der Waals surface area contributed by atoms with Gasteiger partial charge >= 0.3 is 0 Å². The molecular weight excluding hydrogens is 225 g/mol. The van der Waals surface area contributed by atoms with Crippen molar-refractivity contribution in [2.75, 3.05) is 7.05 Å². The molecule has 0 heterocycles. The third-order valence-electron chi connectivity index (χ3n) is 3.14. The third-order valence-corrected chi connectivity index (χ3v) is 5.00. The van der Waals surface area contributed by atoms with E-state index in [1.807, 2.05) is 7.05 Å². The molecule has 0 amide bonds. The van der Waals surface area contributed by atoms with Gasteiger partial charge < -0.3 is 5.32 Å². The molecule has 16 heavy (non-hydrogen) atoms. The fourth-order valence-corrected chi connectivity index (χ4v) is 3.96. The molecule has 1 N–H and O–H groups in total. The maximum atomic E-state index is 12.8. The zero-order valence-corrected chi connectivity index (χ0v) is 10.1. The minimum atomic E-state index is -1.03. The van der Waals surface area contributed by atoms with Gasteiger partial charge in [0.15, 0.2) is 0 Å². The molecular formula is C12H16FNOS. The fraction of sp³-hybridized carbons (Fsp3) is 0.500. The molecule has 1 aliphatic carbocycles. The van der Waals surface area contributed by atoms with Gasteiger partial charge in [0.05, 0.1) is 16.0 Å². The van der Waals surface area contributed by atoms with E-state index in [4.69, 9.17) is 0 Å². The first-order valence-corrected chi connectivity index (χ1v) is 6.77. The van der Waals surface area contributed by atoms with Crippen LogP contribution < -0.4 is 5.32 Å². The summed E-state index contributed by atoms with van der Waals surface area (Å²) in [5, 5.41) is 3.37. The van der Waals surface area contributed by atoms with E-state index in [2.05, 4.69) is 5.32 Å². The minimum Gasteiger partial charge on any atom is -0.316 e. The monoisotopic (exact) mass is 241 g/mol. The quantitative estimate of drug-likeness (QED) is 0.877. The highest BCUT2D eigenvalue weighted by Crippen LogP contribution is 2.27. The Morgan fingerprint density at radius 1 is 1.31 bits per heavy atom. The number of nitrogens with one attached hydrogen (secondary N) is 1. The second kappa shape index (κ2) is 5.06. The molecule has 0 radical (unpaired) electrons. The van der Waals surface area contributed by atoms with E-state index in [9.17, 15) is 8.60 Å². The highest BCUT2D eigenvalue weighted by Gasteiger charge is 2.31. The molecule has 3 unspecified atom stereocenters. The topological polar surface area (TPSA) is 29.1 Å². The average molecular weight is 241 g/mol. The molecule has 1 aromatic rings. The predicted octanol–water partition coefficient (Wildman–Crippen LogP) is 2.07. The van der Waals surface area contributed by atoms with Crippen LogP contribution in [0.5, 0.6) is 0 Å². The summed E-state index contributed by atoms with van der Waals surface area (Å²) < 4.78 is 25.0. The van der Waals surface area contributed by atoms with Crippen molar-refractivity contribution in [1.29, 1.82) is 0 Å². The summed E-state index contributed by atoms with van der Waals surface area (Å²) in [6.45, 7) is 0. The number of rotatable bonds is 3. The van der Waals surface area contributed by atoms with Crippen LogP contribution in [0.4, 0.5) is 4.39 Å². The molecule has 1 fully saturated rings.